The zero-order valence-electron chi connectivity index (χ0n) is 12.6. The van der Waals surface area contributed by atoms with Crippen LogP contribution in [0, 0.1) is 0 Å². The van der Waals surface area contributed by atoms with Crippen LogP contribution in [0.2, 0.25) is 0 Å². The van der Waals surface area contributed by atoms with Crippen LogP contribution in [0.25, 0.3) is 17.2 Å². The first-order valence-corrected chi connectivity index (χ1v) is 8.15. The fraction of sp³-hybridized carbons (Fsp3) is 0.235. The van der Waals surface area contributed by atoms with Crippen molar-refractivity contribution in [2.24, 2.45) is 4.99 Å². The van der Waals surface area contributed by atoms with E-state index in [4.69, 9.17) is 0 Å². The number of carbonyl (C=O) groups is 1. The zero-order valence-corrected chi connectivity index (χ0v) is 13.4. The van der Waals surface area contributed by atoms with Gasteiger partial charge in [-0.3, -0.25) is 14.8 Å². The number of hydrogen-bond donors (Lipinski definition) is 1. The molecule has 0 spiro atoms. The Morgan fingerprint density at radius 2 is 2.27 bits per heavy atom. The Morgan fingerprint density at radius 3 is 3.00 bits per heavy atom. The lowest BCUT2D eigenvalue weighted by Crippen LogP contribution is -2.31. The highest BCUT2D eigenvalue weighted by Crippen LogP contribution is 2.30. The third-order valence-corrected chi connectivity index (χ3v) is 4.30. The summed E-state index contributed by atoms with van der Waals surface area (Å²) >= 11 is 1.66. The summed E-state index contributed by atoms with van der Waals surface area (Å²) < 4.78 is 0. The molecule has 3 heterocycles. The predicted molar refractivity (Wildman–Crippen MR) is 91.0 cm³/mol. The summed E-state index contributed by atoms with van der Waals surface area (Å²) in [6, 6.07) is 2.08. The van der Waals surface area contributed by atoms with Crippen molar-refractivity contribution in [3.8, 4) is 11.1 Å². The standard InChI is InChI=1S/C17H17N3OS/c1-3-19-17(21)16-11(2)6-13-7-18-8-14(15(13)9-20-16)12-4-5-22-10-12/h4-8,10H,3,9H2,1-2H3,(H,19,21). The number of thiophene rings is 1. The second kappa shape index (κ2) is 6.23. The number of nitrogens with one attached hydrogen (secondary N) is 1. The minimum atomic E-state index is -0.117. The number of fused-ring (bicyclic) bond motifs is 1. The van der Waals surface area contributed by atoms with Crippen molar-refractivity contribution in [3.05, 3.63) is 45.9 Å². The molecule has 3 rings (SSSR count). The average molecular weight is 311 g/mol. The van der Waals surface area contributed by atoms with Crippen molar-refractivity contribution in [3.63, 3.8) is 0 Å². The molecule has 1 aliphatic rings. The van der Waals surface area contributed by atoms with Crippen LogP contribution in [0.15, 0.2) is 39.8 Å². The van der Waals surface area contributed by atoms with Crippen LogP contribution in [0.1, 0.15) is 25.0 Å². The minimum absolute atomic E-state index is 0.117. The number of rotatable bonds is 3. The monoisotopic (exact) mass is 311 g/mol. The first-order chi connectivity index (χ1) is 10.7. The van der Waals surface area contributed by atoms with Crippen molar-refractivity contribution >= 4 is 29.0 Å². The van der Waals surface area contributed by atoms with Gasteiger partial charge in [0, 0.05) is 24.5 Å². The van der Waals surface area contributed by atoms with Gasteiger partial charge >= 0.3 is 0 Å². The largest absolute Gasteiger partial charge is 0.351 e. The predicted octanol–water partition coefficient (Wildman–Crippen LogP) is 3.30. The Hall–Kier alpha value is -2.27. The second-order valence-corrected chi connectivity index (χ2v) is 5.90. The first kappa shape index (κ1) is 14.7. The highest BCUT2D eigenvalue weighted by Gasteiger charge is 2.18. The summed E-state index contributed by atoms with van der Waals surface area (Å²) in [5.41, 5.74) is 5.76. The molecule has 0 radical (unpaired) electrons. The van der Waals surface area contributed by atoms with Crippen LogP contribution >= 0.6 is 11.3 Å². The van der Waals surface area contributed by atoms with Crippen LogP contribution in [0.5, 0.6) is 0 Å². The SMILES string of the molecule is CCNC(=O)C1=NCc2c(cncc2-c2ccsc2)C=C1C. The van der Waals surface area contributed by atoms with Crippen LogP contribution in [0.4, 0.5) is 0 Å². The molecule has 0 unspecified atom stereocenters. The molecular formula is C17H17N3OS. The molecule has 1 amide bonds. The van der Waals surface area contributed by atoms with E-state index < -0.39 is 0 Å². The van der Waals surface area contributed by atoms with E-state index in [9.17, 15) is 4.79 Å². The van der Waals surface area contributed by atoms with Gasteiger partial charge < -0.3 is 5.32 Å². The van der Waals surface area contributed by atoms with E-state index >= 15 is 0 Å². The molecular weight excluding hydrogens is 294 g/mol. The second-order valence-electron chi connectivity index (χ2n) is 5.12. The number of amides is 1. The summed E-state index contributed by atoms with van der Waals surface area (Å²) in [5, 5.41) is 6.97. The topological polar surface area (TPSA) is 54.4 Å². The number of aliphatic imine (C=N–C) groups is 1. The fourth-order valence-electron chi connectivity index (χ4n) is 2.55. The molecule has 0 atom stereocenters. The van der Waals surface area contributed by atoms with E-state index in [0.717, 1.165) is 27.8 Å². The number of nitrogens with zero attached hydrogens (tertiary/aromatic N) is 2. The molecule has 22 heavy (non-hydrogen) atoms. The Labute approximate surface area is 133 Å². The molecule has 112 valence electrons. The van der Waals surface area contributed by atoms with Gasteiger partial charge in [-0.05, 0) is 59.0 Å². The lowest BCUT2D eigenvalue weighted by Gasteiger charge is -2.08. The summed E-state index contributed by atoms with van der Waals surface area (Å²) in [5.74, 6) is -0.117. The normalized spacial score (nSPS) is 13.7. The summed E-state index contributed by atoms with van der Waals surface area (Å²) in [7, 11) is 0. The molecule has 0 fully saturated rings. The maximum Gasteiger partial charge on any atom is 0.269 e. The minimum Gasteiger partial charge on any atom is -0.351 e. The van der Waals surface area contributed by atoms with Crippen LogP contribution in [0.3, 0.4) is 0 Å². The lowest BCUT2D eigenvalue weighted by atomic mass is 9.99. The molecule has 0 aromatic carbocycles. The fourth-order valence-corrected chi connectivity index (χ4v) is 3.21. The van der Waals surface area contributed by atoms with Gasteiger partial charge in [0.25, 0.3) is 5.91 Å². The third kappa shape index (κ3) is 2.72. The van der Waals surface area contributed by atoms with Gasteiger partial charge in [-0.2, -0.15) is 11.3 Å². The Bertz CT molecular complexity index is 760. The molecule has 2 aromatic rings. The van der Waals surface area contributed by atoms with E-state index in [1.54, 1.807) is 11.3 Å². The van der Waals surface area contributed by atoms with E-state index in [2.05, 4.69) is 32.1 Å². The van der Waals surface area contributed by atoms with Gasteiger partial charge in [-0.25, -0.2) is 0 Å². The molecule has 0 bridgehead atoms. The van der Waals surface area contributed by atoms with Gasteiger partial charge in [0.15, 0.2) is 0 Å². The van der Waals surface area contributed by atoms with Crippen molar-refractivity contribution in [1.82, 2.24) is 10.3 Å². The Kier molecular flexibility index (Phi) is 4.15. The summed E-state index contributed by atoms with van der Waals surface area (Å²) in [4.78, 5) is 21.0. The van der Waals surface area contributed by atoms with Crippen molar-refractivity contribution < 1.29 is 4.79 Å². The highest BCUT2D eigenvalue weighted by molar-refractivity contribution is 7.08. The maximum absolute atomic E-state index is 12.1. The third-order valence-electron chi connectivity index (χ3n) is 3.62. The van der Waals surface area contributed by atoms with Gasteiger partial charge in [0.1, 0.15) is 5.71 Å². The summed E-state index contributed by atoms with van der Waals surface area (Å²) in [6.45, 7) is 4.91. The lowest BCUT2D eigenvalue weighted by molar-refractivity contribution is -0.114. The first-order valence-electron chi connectivity index (χ1n) is 7.21. The Morgan fingerprint density at radius 1 is 1.41 bits per heavy atom. The average Bonchev–Trinajstić information content (AvgIpc) is 2.97. The molecule has 2 aromatic heterocycles. The molecule has 4 nitrogen and oxygen atoms in total. The highest BCUT2D eigenvalue weighted by atomic mass is 32.1. The van der Waals surface area contributed by atoms with Crippen molar-refractivity contribution in [1.29, 1.82) is 0 Å². The van der Waals surface area contributed by atoms with E-state index in [-0.39, 0.29) is 5.91 Å². The smallest absolute Gasteiger partial charge is 0.269 e. The van der Waals surface area contributed by atoms with E-state index in [1.165, 1.54) is 0 Å². The number of hydrogen-bond acceptors (Lipinski definition) is 4. The molecule has 1 aliphatic heterocycles. The number of carbonyl (C=O) groups excluding carboxylic acids is 1. The number of pyridine rings is 1. The van der Waals surface area contributed by atoms with E-state index in [1.807, 2.05) is 32.3 Å². The quantitative estimate of drug-likeness (QED) is 0.945. The molecule has 1 N–H and O–H groups in total. The van der Waals surface area contributed by atoms with E-state index in [0.29, 0.717) is 18.8 Å². The Balaban J connectivity index is 2.06. The maximum atomic E-state index is 12.1. The number of aromatic nitrogens is 1. The van der Waals surface area contributed by atoms with Crippen LogP contribution in [-0.4, -0.2) is 23.1 Å². The van der Waals surface area contributed by atoms with Gasteiger partial charge in [-0.1, -0.05) is 0 Å². The van der Waals surface area contributed by atoms with Gasteiger partial charge in [0.05, 0.1) is 6.54 Å². The molecule has 5 heteroatoms. The molecule has 0 saturated carbocycles. The van der Waals surface area contributed by atoms with Crippen LogP contribution < -0.4 is 5.32 Å². The molecule has 0 aliphatic carbocycles. The van der Waals surface area contributed by atoms with Crippen molar-refractivity contribution in [2.75, 3.05) is 6.54 Å². The van der Waals surface area contributed by atoms with Gasteiger partial charge in [0.2, 0.25) is 0 Å². The van der Waals surface area contributed by atoms with Crippen molar-refractivity contribution in [2.45, 2.75) is 20.4 Å². The van der Waals surface area contributed by atoms with Crippen LogP contribution in [-0.2, 0) is 11.3 Å². The van der Waals surface area contributed by atoms with Gasteiger partial charge in [-0.15, -0.1) is 0 Å². The zero-order chi connectivity index (χ0) is 15.5. The molecule has 0 saturated heterocycles. The summed E-state index contributed by atoms with van der Waals surface area (Å²) in [6.07, 6.45) is 5.71.